The number of rotatable bonds is 4. The van der Waals surface area contributed by atoms with E-state index in [-0.39, 0.29) is 11.2 Å². The number of hydrogen-bond donors (Lipinski definition) is 0. The lowest BCUT2D eigenvalue weighted by molar-refractivity contribution is -0.136. The lowest BCUT2D eigenvalue weighted by atomic mass is 9.97. The van der Waals surface area contributed by atoms with Crippen molar-refractivity contribution in [1.82, 2.24) is 24.6 Å². The maximum Gasteiger partial charge on any atom is 0.236 e. The van der Waals surface area contributed by atoms with Crippen molar-refractivity contribution in [3.05, 3.63) is 24.3 Å². The van der Waals surface area contributed by atoms with Crippen LogP contribution in [0.3, 0.4) is 0 Å². The highest BCUT2D eigenvalue weighted by molar-refractivity contribution is 8.00. The van der Waals surface area contributed by atoms with E-state index >= 15 is 0 Å². The van der Waals surface area contributed by atoms with Gasteiger partial charge in [-0.05, 0) is 53.0 Å². The number of para-hydroxylation sites is 1. The van der Waals surface area contributed by atoms with Gasteiger partial charge < -0.3 is 9.47 Å². The van der Waals surface area contributed by atoms with E-state index in [0.29, 0.717) is 17.2 Å². The summed E-state index contributed by atoms with van der Waals surface area (Å²) in [5, 5.41) is 10.2. The van der Waals surface area contributed by atoms with Crippen LogP contribution >= 0.6 is 11.8 Å². The van der Waals surface area contributed by atoms with Crippen LogP contribution in [0.1, 0.15) is 47.0 Å². The number of aromatic nitrogens is 4. The van der Waals surface area contributed by atoms with Crippen molar-refractivity contribution >= 4 is 39.7 Å². The fourth-order valence-electron chi connectivity index (χ4n) is 4.33. The summed E-state index contributed by atoms with van der Waals surface area (Å²) in [5.74, 6) is 0.171. The number of benzene rings is 1. The van der Waals surface area contributed by atoms with E-state index in [2.05, 4.69) is 52.6 Å². The maximum absolute atomic E-state index is 13.1. The fourth-order valence-corrected chi connectivity index (χ4v) is 5.10. The normalized spacial score (nSPS) is 21.4. The van der Waals surface area contributed by atoms with Gasteiger partial charge in [0, 0.05) is 24.0 Å². The monoisotopic (exact) mass is 397 g/mol. The molecule has 0 radical (unpaired) electrons. The van der Waals surface area contributed by atoms with Gasteiger partial charge in [-0.25, -0.2) is 4.98 Å². The van der Waals surface area contributed by atoms with Crippen LogP contribution in [0.25, 0.3) is 22.1 Å². The molecule has 0 N–H and O–H groups in total. The Hall–Kier alpha value is -2.15. The zero-order valence-electron chi connectivity index (χ0n) is 16.9. The van der Waals surface area contributed by atoms with E-state index in [4.69, 9.17) is 4.98 Å². The Morgan fingerprint density at radius 1 is 1.21 bits per heavy atom. The van der Waals surface area contributed by atoms with Crippen molar-refractivity contribution in [3.8, 4) is 0 Å². The van der Waals surface area contributed by atoms with Gasteiger partial charge in [0.25, 0.3) is 0 Å². The number of nitrogens with zero attached hydrogens (tertiary/aromatic N) is 5. The first kappa shape index (κ1) is 19.2. The number of carbonyl (C=O) groups is 1. The summed E-state index contributed by atoms with van der Waals surface area (Å²) in [6.07, 6.45) is 3.35. The number of thioether (sulfide) groups is 1. The summed E-state index contributed by atoms with van der Waals surface area (Å²) >= 11 is 1.40. The number of amides is 1. The van der Waals surface area contributed by atoms with Gasteiger partial charge in [0.15, 0.2) is 5.65 Å². The molecule has 6 nitrogen and oxygen atoms in total. The molecule has 148 valence electrons. The average molecular weight is 398 g/mol. The van der Waals surface area contributed by atoms with E-state index < -0.39 is 0 Å². The highest BCUT2D eigenvalue weighted by Crippen LogP contribution is 2.30. The second kappa shape index (κ2) is 7.70. The summed E-state index contributed by atoms with van der Waals surface area (Å²) in [4.78, 5) is 19.9. The Labute approximate surface area is 169 Å². The minimum Gasteiger partial charge on any atom is -0.336 e. The Bertz CT molecular complexity index is 1010. The van der Waals surface area contributed by atoms with Crippen LogP contribution in [-0.4, -0.2) is 47.9 Å². The van der Waals surface area contributed by atoms with Crippen molar-refractivity contribution in [3.63, 3.8) is 0 Å². The minimum absolute atomic E-state index is 0.171. The van der Waals surface area contributed by atoms with Crippen molar-refractivity contribution in [2.75, 3.05) is 0 Å². The maximum atomic E-state index is 13.1. The molecule has 0 saturated carbocycles. The molecule has 3 heterocycles. The van der Waals surface area contributed by atoms with Crippen molar-refractivity contribution in [2.45, 2.75) is 76.0 Å². The lowest BCUT2D eigenvalue weighted by Crippen LogP contribution is -2.50. The van der Waals surface area contributed by atoms with Crippen molar-refractivity contribution in [2.24, 2.45) is 0 Å². The predicted molar refractivity (Wildman–Crippen MR) is 113 cm³/mol. The number of carbonyl (C=O) groups excluding carboxylic acids is 1. The molecule has 4 rings (SSSR count). The predicted octanol–water partition coefficient (Wildman–Crippen LogP) is 4.27. The standard InChI is InChI=1S/C21H27N5OS/c1-5-25-17-12-7-6-11-16(17)18-19(25)22-21(24-23-18)28-15(4)20(27)26-13(2)9-8-10-14(26)3/h6-7,11-15H,5,8-10H2,1-4H3/t13-,14-,15-/m0/s1. The molecule has 3 atom stereocenters. The molecule has 0 spiro atoms. The molecule has 3 aromatic rings. The molecule has 1 aromatic carbocycles. The third kappa shape index (κ3) is 3.26. The van der Waals surface area contributed by atoms with Crippen LogP contribution in [0.5, 0.6) is 0 Å². The first-order valence-corrected chi connectivity index (χ1v) is 11.0. The van der Waals surface area contributed by atoms with E-state index in [1.54, 1.807) is 0 Å². The van der Waals surface area contributed by atoms with E-state index in [0.717, 1.165) is 41.5 Å². The number of fused-ring (bicyclic) bond motifs is 3. The molecule has 1 fully saturated rings. The van der Waals surface area contributed by atoms with Gasteiger partial charge in [-0.1, -0.05) is 30.0 Å². The highest BCUT2D eigenvalue weighted by atomic mass is 32.2. The molecule has 1 aliphatic heterocycles. The summed E-state index contributed by atoms with van der Waals surface area (Å²) in [5.41, 5.74) is 2.77. The topological polar surface area (TPSA) is 63.9 Å². The van der Waals surface area contributed by atoms with Gasteiger partial charge >= 0.3 is 0 Å². The number of aryl methyl sites for hydroxylation is 1. The summed E-state index contributed by atoms with van der Waals surface area (Å²) < 4.78 is 2.16. The van der Waals surface area contributed by atoms with Gasteiger partial charge in [-0.15, -0.1) is 10.2 Å². The van der Waals surface area contributed by atoms with Crippen LogP contribution in [-0.2, 0) is 11.3 Å². The first-order valence-electron chi connectivity index (χ1n) is 10.1. The second-order valence-electron chi connectivity index (χ2n) is 7.66. The van der Waals surface area contributed by atoms with Gasteiger partial charge in [0.2, 0.25) is 11.1 Å². The SMILES string of the molecule is CCn1c2ccccc2c2nnc(S[C@@H](C)C(=O)N3[C@@H](C)CCC[C@@H]3C)nc21. The third-order valence-electron chi connectivity index (χ3n) is 5.75. The smallest absolute Gasteiger partial charge is 0.236 e. The molecule has 28 heavy (non-hydrogen) atoms. The molecule has 7 heteroatoms. The molecule has 2 aromatic heterocycles. The molecule has 0 aliphatic carbocycles. The van der Waals surface area contributed by atoms with Crippen LogP contribution < -0.4 is 0 Å². The molecule has 0 unspecified atom stereocenters. The largest absolute Gasteiger partial charge is 0.336 e. The molecule has 1 amide bonds. The second-order valence-corrected chi connectivity index (χ2v) is 8.97. The van der Waals surface area contributed by atoms with Gasteiger partial charge in [0.05, 0.1) is 10.8 Å². The van der Waals surface area contributed by atoms with Gasteiger partial charge in [-0.2, -0.15) is 0 Å². The van der Waals surface area contributed by atoms with E-state index in [9.17, 15) is 4.79 Å². The number of likely N-dealkylation sites (tertiary alicyclic amines) is 1. The average Bonchev–Trinajstić information content (AvgIpc) is 3.00. The van der Waals surface area contributed by atoms with Crippen molar-refractivity contribution < 1.29 is 4.79 Å². The lowest BCUT2D eigenvalue weighted by Gasteiger charge is -2.40. The van der Waals surface area contributed by atoms with Crippen LogP contribution in [0.15, 0.2) is 29.4 Å². The first-order chi connectivity index (χ1) is 13.5. The van der Waals surface area contributed by atoms with Gasteiger partial charge in [-0.3, -0.25) is 4.79 Å². The zero-order valence-corrected chi connectivity index (χ0v) is 17.7. The van der Waals surface area contributed by atoms with Crippen LogP contribution in [0.2, 0.25) is 0 Å². The third-order valence-corrected chi connectivity index (χ3v) is 6.69. The Morgan fingerprint density at radius 3 is 2.64 bits per heavy atom. The van der Waals surface area contributed by atoms with E-state index in [1.165, 1.54) is 18.2 Å². The minimum atomic E-state index is -0.235. The Kier molecular flexibility index (Phi) is 5.27. The summed E-state index contributed by atoms with van der Waals surface area (Å²) in [6, 6.07) is 8.76. The highest BCUT2D eigenvalue weighted by Gasteiger charge is 2.32. The Morgan fingerprint density at radius 2 is 1.93 bits per heavy atom. The van der Waals surface area contributed by atoms with Crippen LogP contribution in [0.4, 0.5) is 0 Å². The number of hydrogen-bond acceptors (Lipinski definition) is 5. The molecular weight excluding hydrogens is 370 g/mol. The number of piperidine rings is 1. The van der Waals surface area contributed by atoms with Gasteiger partial charge in [0.1, 0.15) is 5.52 Å². The van der Waals surface area contributed by atoms with E-state index in [1.807, 2.05) is 19.1 Å². The Balaban J connectivity index is 1.62. The van der Waals surface area contributed by atoms with Crippen LogP contribution in [0, 0.1) is 0 Å². The molecule has 1 aliphatic rings. The fraction of sp³-hybridized carbons (Fsp3) is 0.524. The van der Waals surface area contributed by atoms with Crippen molar-refractivity contribution in [1.29, 1.82) is 0 Å². The summed E-state index contributed by atoms with van der Waals surface area (Å²) in [7, 11) is 0. The zero-order chi connectivity index (χ0) is 19.8. The quantitative estimate of drug-likeness (QED) is 0.615. The molecular formula is C21H27N5OS. The molecule has 0 bridgehead atoms. The summed E-state index contributed by atoms with van der Waals surface area (Å²) in [6.45, 7) is 9.16. The molecule has 1 saturated heterocycles.